The lowest BCUT2D eigenvalue weighted by Crippen LogP contribution is -2.30. The van der Waals surface area contributed by atoms with Crippen molar-refractivity contribution in [3.63, 3.8) is 0 Å². The monoisotopic (exact) mass is 312 g/mol. The van der Waals surface area contributed by atoms with Crippen molar-refractivity contribution in [2.75, 3.05) is 6.54 Å². The van der Waals surface area contributed by atoms with Crippen LogP contribution in [-0.4, -0.2) is 17.6 Å². The molecule has 4 nitrogen and oxygen atoms in total. The molecule has 0 radical (unpaired) electrons. The molecule has 0 fully saturated rings. The summed E-state index contributed by atoms with van der Waals surface area (Å²) in [4.78, 5) is 12.2. The summed E-state index contributed by atoms with van der Waals surface area (Å²) in [6.07, 6.45) is 4.69. The maximum atomic E-state index is 12.2. The number of aryl methyl sites for hydroxylation is 3. The maximum absolute atomic E-state index is 12.2. The fraction of sp³-hybridized carbons (Fsp3) is 0.474. The normalized spacial score (nSPS) is 16.9. The van der Waals surface area contributed by atoms with Gasteiger partial charge in [0.1, 0.15) is 5.76 Å². The third-order valence-electron chi connectivity index (χ3n) is 4.82. The summed E-state index contributed by atoms with van der Waals surface area (Å²) in [6, 6.07) is 8.61. The average Bonchev–Trinajstić information content (AvgIpc) is 2.89. The van der Waals surface area contributed by atoms with Gasteiger partial charge in [-0.05, 0) is 50.7 Å². The van der Waals surface area contributed by atoms with Crippen molar-refractivity contribution in [3.05, 3.63) is 52.4 Å². The first kappa shape index (κ1) is 15.8. The van der Waals surface area contributed by atoms with E-state index in [0.717, 1.165) is 36.4 Å². The van der Waals surface area contributed by atoms with E-state index in [-0.39, 0.29) is 5.91 Å². The van der Waals surface area contributed by atoms with Gasteiger partial charge in [-0.15, -0.1) is 0 Å². The van der Waals surface area contributed by atoms with Gasteiger partial charge < -0.3 is 9.84 Å². The lowest BCUT2D eigenvalue weighted by atomic mass is 9.83. The van der Waals surface area contributed by atoms with Crippen LogP contribution < -0.4 is 5.32 Å². The van der Waals surface area contributed by atoms with E-state index in [9.17, 15) is 4.79 Å². The van der Waals surface area contributed by atoms with Gasteiger partial charge in [0.25, 0.3) is 0 Å². The van der Waals surface area contributed by atoms with Gasteiger partial charge in [0.05, 0.1) is 5.69 Å². The van der Waals surface area contributed by atoms with Gasteiger partial charge in [-0.2, -0.15) is 0 Å². The van der Waals surface area contributed by atoms with E-state index in [0.29, 0.717) is 18.8 Å². The SMILES string of the molecule is Cc1noc(C)c1CCC(=O)NCC1CCCc2ccccc21. The molecule has 23 heavy (non-hydrogen) atoms. The molecule has 0 saturated carbocycles. The van der Waals surface area contributed by atoms with E-state index >= 15 is 0 Å². The molecule has 1 aromatic heterocycles. The lowest BCUT2D eigenvalue weighted by Gasteiger charge is -2.25. The topological polar surface area (TPSA) is 55.1 Å². The van der Waals surface area contributed by atoms with Crippen LogP contribution in [0.5, 0.6) is 0 Å². The van der Waals surface area contributed by atoms with E-state index in [2.05, 4.69) is 34.7 Å². The molecule has 3 rings (SSSR count). The molecular formula is C19H24N2O2. The number of carbonyl (C=O) groups is 1. The summed E-state index contributed by atoms with van der Waals surface area (Å²) in [6.45, 7) is 4.55. The second-order valence-corrected chi connectivity index (χ2v) is 6.39. The fourth-order valence-electron chi connectivity index (χ4n) is 3.49. The Morgan fingerprint density at radius 2 is 2.17 bits per heavy atom. The third kappa shape index (κ3) is 3.63. The van der Waals surface area contributed by atoms with Gasteiger partial charge in [-0.25, -0.2) is 0 Å². The summed E-state index contributed by atoms with van der Waals surface area (Å²) < 4.78 is 5.14. The van der Waals surface area contributed by atoms with Gasteiger partial charge in [-0.1, -0.05) is 29.4 Å². The zero-order valence-corrected chi connectivity index (χ0v) is 13.9. The Morgan fingerprint density at radius 3 is 2.96 bits per heavy atom. The number of nitrogens with zero attached hydrogens (tertiary/aromatic N) is 1. The van der Waals surface area contributed by atoms with Crippen LogP contribution in [0.1, 0.15) is 53.3 Å². The Morgan fingerprint density at radius 1 is 1.35 bits per heavy atom. The highest BCUT2D eigenvalue weighted by Gasteiger charge is 2.20. The summed E-state index contributed by atoms with van der Waals surface area (Å²) in [5.41, 5.74) is 4.79. The van der Waals surface area contributed by atoms with Crippen molar-refractivity contribution in [2.24, 2.45) is 0 Å². The highest BCUT2D eigenvalue weighted by atomic mass is 16.5. The zero-order chi connectivity index (χ0) is 16.2. The van der Waals surface area contributed by atoms with Crippen molar-refractivity contribution in [1.29, 1.82) is 0 Å². The standard InChI is InChI=1S/C19H24N2O2/c1-13-17(14(2)23-21-13)10-11-19(22)20-12-16-8-5-7-15-6-3-4-9-18(15)16/h3-4,6,9,16H,5,7-8,10-12H2,1-2H3,(H,20,22). The molecule has 1 N–H and O–H groups in total. The predicted octanol–water partition coefficient (Wildman–Crippen LogP) is 3.46. The van der Waals surface area contributed by atoms with Crippen LogP contribution >= 0.6 is 0 Å². The zero-order valence-electron chi connectivity index (χ0n) is 13.9. The number of hydrogen-bond donors (Lipinski definition) is 1. The van der Waals surface area contributed by atoms with Crippen molar-refractivity contribution < 1.29 is 9.32 Å². The highest BCUT2D eigenvalue weighted by molar-refractivity contribution is 5.76. The Kier molecular flexibility index (Phi) is 4.79. The van der Waals surface area contributed by atoms with Crippen LogP contribution in [0.15, 0.2) is 28.8 Å². The molecule has 4 heteroatoms. The van der Waals surface area contributed by atoms with Crippen LogP contribution in [0, 0.1) is 13.8 Å². The smallest absolute Gasteiger partial charge is 0.220 e. The van der Waals surface area contributed by atoms with Crippen molar-refractivity contribution in [1.82, 2.24) is 10.5 Å². The van der Waals surface area contributed by atoms with E-state index in [4.69, 9.17) is 4.52 Å². The van der Waals surface area contributed by atoms with Crippen LogP contribution in [0.25, 0.3) is 0 Å². The van der Waals surface area contributed by atoms with E-state index < -0.39 is 0 Å². The summed E-state index contributed by atoms with van der Waals surface area (Å²) >= 11 is 0. The van der Waals surface area contributed by atoms with Gasteiger partial charge in [0, 0.05) is 24.4 Å². The minimum absolute atomic E-state index is 0.105. The van der Waals surface area contributed by atoms with Crippen LogP contribution in [0.2, 0.25) is 0 Å². The van der Waals surface area contributed by atoms with E-state index in [1.807, 2.05) is 13.8 Å². The second kappa shape index (κ2) is 6.99. The average molecular weight is 312 g/mol. The fourth-order valence-corrected chi connectivity index (χ4v) is 3.49. The number of amides is 1. The van der Waals surface area contributed by atoms with E-state index in [1.54, 1.807) is 0 Å². The Balaban J connectivity index is 1.52. The Labute approximate surface area is 137 Å². The van der Waals surface area contributed by atoms with Crippen LogP contribution in [0.4, 0.5) is 0 Å². The van der Waals surface area contributed by atoms with Gasteiger partial charge in [-0.3, -0.25) is 4.79 Å². The summed E-state index contributed by atoms with van der Waals surface area (Å²) in [7, 11) is 0. The largest absolute Gasteiger partial charge is 0.361 e. The quantitative estimate of drug-likeness (QED) is 0.920. The molecule has 122 valence electrons. The third-order valence-corrected chi connectivity index (χ3v) is 4.82. The Bertz CT molecular complexity index is 671. The van der Waals surface area contributed by atoms with Gasteiger partial charge >= 0.3 is 0 Å². The molecule has 1 atom stereocenters. The molecule has 1 aliphatic rings. The first-order valence-electron chi connectivity index (χ1n) is 8.41. The first-order valence-corrected chi connectivity index (χ1v) is 8.41. The lowest BCUT2D eigenvalue weighted by molar-refractivity contribution is -0.121. The van der Waals surface area contributed by atoms with Crippen LogP contribution in [-0.2, 0) is 17.6 Å². The number of rotatable bonds is 5. The number of aromatic nitrogens is 1. The predicted molar refractivity (Wildman–Crippen MR) is 89.4 cm³/mol. The molecule has 0 bridgehead atoms. The maximum Gasteiger partial charge on any atom is 0.220 e. The molecule has 1 aromatic carbocycles. The summed E-state index contributed by atoms with van der Waals surface area (Å²) in [5, 5.41) is 7.04. The number of hydrogen-bond acceptors (Lipinski definition) is 3. The van der Waals surface area contributed by atoms with Crippen molar-refractivity contribution >= 4 is 5.91 Å². The second-order valence-electron chi connectivity index (χ2n) is 6.39. The number of benzene rings is 1. The first-order chi connectivity index (χ1) is 11.1. The van der Waals surface area contributed by atoms with Crippen LogP contribution in [0.3, 0.4) is 0 Å². The number of carbonyl (C=O) groups excluding carboxylic acids is 1. The molecule has 1 aliphatic carbocycles. The molecule has 0 aliphatic heterocycles. The molecule has 2 aromatic rings. The number of fused-ring (bicyclic) bond motifs is 1. The highest BCUT2D eigenvalue weighted by Crippen LogP contribution is 2.30. The molecule has 1 amide bonds. The van der Waals surface area contributed by atoms with Crippen molar-refractivity contribution in [2.45, 2.75) is 51.9 Å². The minimum Gasteiger partial charge on any atom is -0.361 e. The van der Waals surface area contributed by atoms with Gasteiger partial charge in [0.2, 0.25) is 5.91 Å². The van der Waals surface area contributed by atoms with Crippen molar-refractivity contribution in [3.8, 4) is 0 Å². The summed E-state index contributed by atoms with van der Waals surface area (Å²) in [5.74, 6) is 1.37. The molecular weight excluding hydrogens is 288 g/mol. The molecule has 1 unspecified atom stereocenters. The molecule has 1 heterocycles. The number of nitrogens with one attached hydrogen (secondary N) is 1. The molecule has 0 saturated heterocycles. The van der Waals surface area contributed by atoms with Gasteiger partial charge in [0.15, 0.2) is 0 Å². The Hall–Kier alpha value is -2.10. The molecule has 0 spiro atoms. The van der Waals surface area contributed by atoms with E-state index in [1.165, 1.54) is 17.5 Å². The minimum atomic E-state index is 0.105.